The molecule has 1 unspecified atom stereocenters. The van der Waals surface area contributed by atoms with Crippen molar-refractivity contribution in [3.63, 3.8) is 0 Å². The van der Waals surface area contributed by atoms with Crippen LogP contribution in [0.2, 0.25) is 0 Å². The van der Waals surface area contributed by atoms with Crippen molar-refractivity contribution in [2.24, 2.45) is 5.92 Å². The lowest BCUT2D eigenvalue weighted by molar-refractivity contribution is -0.118. The fourth-order valence-electron chi connectivity index (χ4n) is 1.68. The van der Waals surface area contributed by atoms with Crippen LogP contribution in [0.25, 0.3) is 0 Å². The Morgan fingerprint density at radius 1 is 1.42 bits per heavy atom. The molecule has 0 aliphatic heterocycles. The molecule has 19 heavy (non-hydrogen) atoms. The highest BCUT2D eigenvalue weighted by molar-refractivity contribution is 5.91. The maximum atomic E-state index is 11.7. The van der Waals surface area contributed by atoms with E-state index in [4.69, 9.17) is 4.74 Å². The number of rotatable bonds is 6. The van der Waals surface area contributed by atoms with Crippen LogP contribution in [0, 0.1) is 12.8 Å². The smallest absolute Gasteiger partial charge is 0.226 e. The molecule has 4 heteroatoms. The molecule has 0 fully saturated rings. The van der Waals surface area contributed by atoms with E-state index in [-0.39, 0.29) is 18.2 Å². The Balaban J connectivity index is 2.62. The number of benzene rings is 1. The summed E-state index contributed by atoms with van der Waals surface area (Å²) in [5.41, 5.74) is 1.70. The van der Waals surface area contributed by atoms with Crippen LogP contribution in [0.4, 0.5) is 5.69 Å². The van der Waals surface area contributed by atoms with Crippen molar-refractivity contribution < 1.29 is 14.6 Å². The van der Waals surface area contributed by atoms with Gasteiger partial charge in [-0.1, -0.05) is 13.8 Å². The van der Waals surface area contributed by atoms with Crippen LogP contribution in [0.1, 0.15) is 32.8 Å². The molecule has 1 amide bonds. The van der Waals surface area contributed by atoms with Crippen LogP contribution in [0.3, 0.4) is 0 Å². The number of hydrogen-bond acceptors (Lipinski definition) is 3. The third-order valence-corrected chi connectivity index (χ3v) is 2.92. The highest BCUT2D eigenvalue weighted by Gasteiger charge is 2.14. The molecule has 1 aromatic rings. The highest BCUT2D eigenvalue weighted by atomic mass is 16.5. The number of aliphatic hydroxyl groups is 1. The summed E-state index contributed by atoms with van der Waals surface area (Å²) in [6.45, 7) is 8.26. The molecule has 1 atom stereocenters. The van der Waals surface area contributed by atoms with Crippen molar-refractivity contribution in [3.8, 4) is 5.75 Å². The lowest BCUT2D eigenvalue weighted by atomic mass is 10.0. The lowest BCUT2D eigenvalue weighted by Gasteiger charge is -2.14. The monoisotopic (exact) mass is 265 g/mol. The van der Waals surface area contributed by atoms with Crippen LogP contribution in [0.5, 0.6) is 5.75 Å². The van der Waals surface area contributed by atoms with Gasteiger partial charge < -0.3 is 15.2 Å². The number of carbonyl (C=O) groups excluding carboxylic acids is 1. The molecule has 0 saturated heterocycles. The Morgan fingerprint density at radius 3 is 2.63 bits per heavy atom. The van der Waals surface area contributed by atoms with Crippen molar-refractivity contribution >= 4 is 11.6 Å². The highest BCUT2D eigenvalue weighted by Crippen LogP contribution is 2.22. The van der Waals surface area contributed by atoms with E-state index < -0.39 is 6.10 Å². The van der Waals surface area contributed by atoms with Crippen molar-refractivity contribution in [1.82, 2.24) is 0 Å². The van der Waals surface area contributed by atoms with Gasteiger partial charge in [-0.05, 0) is 43.5 Å². The number of aliphatic hydroxyl groups excluding tert-OH is 1. The minimum absolute atomic E-state index is 0.0767. The summed E-state index contributed by atoms with van der Waals surface area (Å²) in [7, 11) is 0. The van der Waals surface area contributed by atoms with Gasteiger partial charge in [-0.3, -0.25) is 4.79 Å². The predicted octanol–water partition coefficient (Wildman–Crippen LogP) is 2.74. The summed E-state index contributed by atoms with van der Waals surface area (Å²) in [6.07, 6.45) is -0.493. The summed E-state index contributed by atoms with van der Waals surface area (Å²) in [5.74, 6) is 0.722. The number of ether oxygens (including phenoxy) is 1. The number of aryl methyl sites for hydroxylation is 1. The average Bonchev–Trinajstić information content (AvgIpc) is 2.32. The third kappa shape index (κ3) is 4.91. The van der Waals surface area contributed by atoms with Gasteiger partial charge in [0.05, 0.1) is 19.1 Å². The molecular formula is C15H23NO3. The first-order chi connectivity index (χ1) is 8.93. The van der Waals surface area contributed by atoms with Gasteiger partial charge in [0.25, 0.3) is 0 Å². The normalized spacial score (nSPS) is 12.3. The summed E-state index contributed by atoms with van der Waals surface area (Å²) in [5, 5.41) is 12.4. The zero-order chi connectivity index (χ0) is 14.4. The van der Waals surface area contributed by atoms with Gasteiger partial charge in [-0.15, -0.1) is 0 Å². The summed E-state index contributed by atoms with van der Waals surface area (Å²) in [4.78, 5) is 11.7. The molecule has 0 aromatic heterocycles. The SMILES string of the molecule is CCOc1ccc(NC(=O)CC(O)C(C)C)cc1C. The molecule has 0 heterocycles. The minimum atomic E-state index is -0.608. The Bertz CT molecular complexity index is 429. The molecule has 0 radical (unpaired) electrons. The Kier molecular flexibility index (Phi) is 5.83. The van der Waals surface area contributed by atoms with E-state index in [1.165, 1.54) is 0 Å². The molecule has 2 N–H and O–H groups in total. The zero-order valence-electron chi connectivity index (χ0n) is 12.1. The fraction of sp³-hybridized carbons (Fsp3) is 0.533. The van der Waals surface area contributed by atoms with E-state index in [2.05, 4.69) is 5.32 Å². The molecule has 1 rings (SSSR count). The van der Waals surface area contributed by atoms with E-state index in [1.54, 1.807) is 6.07 Å². The van der Waals surface area contributed by atoms with E-state index in [9.17, 15) is 9.90 Å². The zero-order valence-corrected chi connectivity index (χ0v) is 12.1. The summed E-state index contributed by atoms with van der Waals surface area (Å²) in [6, 6.07) is 5.51. The van der Waals surface area contributed by atoms with Crippen LogP contribution >= 0.6 is 0 Å². The van der Waals surface area contributed by atoms with E-state index in [0.717, 1.165) is 17.0 Å². The second-order valence-corrected chi connectivity index (χ2v) is 4.98. The maximum Gasteiger partial charge on any atom is 0.226 e. The largest absolute Gasteiger partial charge is 0.494 e. The van der Waals surface area contributed by atoms with Gasteiger partial charge in [0.1, 0.15) is 5.75 Å². The van der Waals surface area contributed by atoms with Crippen LogP contribution in [0.15, 0.2) is 18.2 Å². The minimum Gasteiger partial charge on any atom is -0.494 e. The molecule has 106 valence electrons. The first-order valence-corrected chi connectivity index (χ1v) is 6.65. The Hall–Kier alpha value is -1.55. The summed E-state index contributed by atoms with van der Waals surface area (Å²) < 4.78 is 5.44. The van der Waals surface area contributed by atoms with Crippen molar-refractivity contribution in [3.05, 3.63) is 23.8 Å². The number of carbonyl (C=O) groups is 1. The van der Waals surface area contributed by atoms with Gasteiger partial charge in [0.15, 0.2) is 0 Å². The maximum absolute atomic E-state index is 11.7. The van der Waals surface area contributed by atoms with E-state index in [0.29, 0.717) is 6.61 Å². The summed E-state index contributed by atoms with van der Waals surface area (Å²) >= 11 is 0. The fourth-order valence-corrected chi connectivity index (χ4v) is 1.68. The molecule has 0 spiro atoms. The second-order valence-electron chi connectivity index (χ2n) is 4.98. The molecule has 4 nitrogen and oxygen atoms in total. The molecular weight excluding hydrogens is 242 g/mol. The van der Waals surface area contributed by atoms with Crippen LogP contribution in [-0.4, -0.2) is 23.7 Å². The molecule has 1 aromatic carbocycles. The van der Waals surface area contributed by atoms with Gasteiger partial charge in [0.2, 0.25) is 5.91 Å². The number of nitrogens with one attached hydrogen (secondary N) is 1. The first-order valence-electron chi connectivity index (χ1n) is 6.65. The lowest BCUT2D eigenvalue weighted by Crippen LogP contribution is -2.23. The molecule has 0 saturated carbocycles. The predicted molar refractivity (Wildman–Crippen MR) is 76.4 cm³/mol. The van der Waals surface area contributed by atoms with E-state index >= 15 is 0 Å². The second kappa shape index (κ2) is 7.14. The molecule has 0 aliphatic rings. The first kappa shape index (κ1) is 15.5. The number of anilines is 1. The van der Waals surface area contributed by atoms with Crippen molar-refractivity contribution in [2.75, 3.05) is 11.9 Å². The van der Waals surface area contributed by atoms with Gasteiger partial charge in [-0.2, -0.15) is 0 Å². The molecule has 0 aliphatic carbocycles. The third-order valence-electron chi connectivity index (χ3n) is 2.92. The average molecular weight is 265 g/mol. The number of hydrogen-bond donors (Lipinski definition) is 2. The van der Waals surface area contributed by atoms with E-state index in [1.807, 2.05) is 39.8 Å². The Labute approximate surface area is 114 Å². The number of amides is 1. The quantitative estimate of drug-likeness (QED) is 0.831. The Morgan fingerprint density at radius 2 is 2.11 bits per heavy atom. The van der Waals surface area contributed by atoms with Crippen LogP contribution in [-0.2, 0) is 4.79 Å². The van der Waals surface area contributed by atoms with Gasteiger partial charge in [-0.25, -0.2) is 0 Å². The molecule has 0 bridgehead atoms. The van der Waals surface area contributed by atoms with Gasteiger partial charge in [0, 0.05) is 5.69 Å². The standard InChI is InChI=1S/C15H23NO3/c1-5-19-14-7-6-12(8-11(14)4)16-15(18)9-13(17)10(2)3/h6-8,10,13,17H,5,9H2,1-4H3,(H,16,18). The topological polar surface area (TPSA) is 58.6 Å². The van der Waals surface area contributed by atoms with Crippen molar-refractivity contribution in [2.45, 2.75) is 40.2 Å². The van der Waals surface area contributed by atoms with Crippen molar-refractivity contribution in [1.29, 1.82) is 0 Å². The van der Waals surface area contributed by atoms with Crippen LogP contribution < -0.4 is 10.1 Å². The van der Waals surface area contributed by atoms with Gasteiger partial charge >= 0.3 is 0 Å².